The lowest BCUT2D eigenvalue weighted by molar-refractivity contribution is 0.0785. The van der Waals surface area contributed by atoms with E-state index in [0.717, 1.165) is 35.5 Å². The number of hydrogen-bond acceptors (Lipinski definition) is 4. The van der Waals surface area contributed by atoms with Crippen molar-refractivity contribution in [3.8, 4) is 5.69 Å². The summed E-state index contributed by atoms with van der Waals surface area (Å²) in [5.74, 6) is 1.61. The molecule has 6 heteroatoms. The van der Waals surface area contributed by atoms with Crippen LogP contribution in [-0.4, -0.2) is 38.9 Å². The SMILES string of the molecule is O=C(c1sccc1-n1ccnn1)N1C[C@H]2CCC[C@H]2C1. The zero-order valence-corrected chi connectivity index (χ0v) is 11.9. The van der Waals surface area contributed by atoms with Crippen LogP contribution in [0.3, 0.4) is 0 Å². The van der Waals surface area contributed by atoms with Crippen LogP contribution >= 0.6 is 11.3 Å². The van der Waals surface area contributed by atoms with Crippen molar-refractivity contribution < 1.29 is 4.79 Å². The minimum absolute atomic E-state index is 0.153. The number of nitrogens with zero attached hydrogens (tertiary/aromatic N) is 4. The van der Waals surface area contributed by atoms with Crippen LogP contribution in [0.15, 0.2) is 23.8 Å². The van der Waals surface area contributed by atoms with Crippen molar-refractivity contribution in [3.05, 3.63) is 28.7 Å². The Bertz CT molecular complexity index is 609. The highest BCUT2D eigenvalue weighted by Crippen LogP contribution is 2.38. The van der Waals surface area contributed by atoms with Gasteiger partial charge in [-0.3, -0.25) is 4.79 Å². The lowest BCUT2D eigenvalue weighted by atomic mass is 10.0. The predicted molar refractivity (Wildman–Crippen MR) is 76.0 cm³/mol. The van der Waals surface area contributed by atoms with Crippen LogP contribution in [0.2, 0.25) is 0 Å². The fraction of sp³-hybridized carbons (Fsp3) is 0.500. The molecule has 1 aliphatic carbocycles. The molecule has 2 aromatic rings. The number of rotatable bonds is 2. The van der Waals surface area contributed by atoms with Gasteiger partial charge >= 0.3 is 0 Å². The second kappa shape index (κ2) is 4.70. The molecule has 0 N–H and O–H groups in total. The molecule has 1 aliphatic heterocycles. The van der Waals surface area contributed by atoms with E-state index in [4.69, 9.17) is 0 Å². The van der Waals surface area contributed by atoms with E-state index in [1.165, 1.54) is 30.6 Å². The number of carbonyl (C=O) groups is 1. The maximum absolute atomic E-state index is 12.7. The lowest BCUT2D eigenvalue weighted by Crippen LogP contribution is -2.29. The molecule has 2 fully saturated rings. The Morgan fingerprint density at radius 3 is 2.80 bits per heavy atom. The Labute approximate surface area is 121 Å². The summed E-state index contributed by atoms with van der Waals surface area (Å²) in [6.45, 7) is 1.86. The summed E-state index contributed by atoms with van der Waals surface area (Å²) in [5.41, 5.74) is 0.842. The first-order chi connectivity index (χ1) is 9.83. The van der Waals surface area contributed by atoms with Gasteiger partial charge in [-0.05, 0) is 36.1 Å². The molecular weight excluding hydrogens is 272 g/mol. The summed E-state index contributed by atoms with van der Waals surface area (Å²) in [4.78, 5) is 15.5. The van der Waals surface area contributed by atoms with E-state index >= 15 is 0 Å². The van der Waals surface area contributed by atoms with Gasteiger partial charge in [-0.15, -0.1) is 16.4 Å². The van der Waals surface area contributed by atoms with E-state index < -0.39 is 0 Å². The van der Waals surface area contributed by atoms with Gasteiger partial charge in [-0.1, -0.05) is 11.6 Å². The monoisotopic (exact) mass is 288 g/mol. The Hall–Kier alpha value is -1.69. The normalized spacial score (nSPS) is 25.1. The van der Waals surface area contributed by atoms with Crippen molar-refractivity contribution in [1.82, 2.24) is 19.9 Å². The Balaban J connectivity index is 1.59. The van der Waals surface area contributed by atoms with Crippen molar-refractivity contribution in [1.29, 1.82) is 0 Å². The highest BCUT2D eigenvalue weighted by atomic mass is 32.1. The van der Waals surface area contributed by atoms with Crippen LogP contribution in [-0.2, 0) is 0 Å². The fourth-order valence-electron chi connectivity index (χ4n) is 3.52. The molecule has 20 heavy (non-hydrogen) atoms. The average Bonchev–Trinajstić information content (AvgIpc) is 3.19. The Morgan fingerprint density at radius 1 is 1.30 bits per heavy atom. The molecule has 104 valence electrons. The molecule has 2 aromatic heterocycles. The summed E-state index contributed by atoms with van der Waals surface area (Å²) in [6.07, 6.45) is 7.31. The Kier molecular flexibility index (Phi) is 2.84. The summed E-state index contributed by atoms with van der Waals surface area (Å²) >= 11 is 1.49. The van der Waals surface area contributed by atoms with Gasteiger partial charge < -0.3 is 4.90 Å². The number of hydrogen-bond donors (Lipinski definition) is 0. The average molecular weight is 288 g/mol. The number of carbonyl (C=O) groups excluding carboxylic acids is 1. The van der Waals surface area contributed by atoms with Gasteiger partial charge in [0, 0.05) is 13.1 Å². The predicted octanol–water partition coefficient (Wildman–Crippen LogP) is 2.20. The summed E-state index contributed by atoms with van der Waals surface area (Å²) in [7, 11) is 0. The standard InChI is InChI=1S/C14H16N4OS/c19-14(17-8-10-2-1-3-11(10)9-17)13-12(4-7-20-13)18-6-5-15-16-18/h4-7,10-11H,1-3,8-9H2/t10-,11+. The van der Waals surface area contributed by atoms with Crippen molar-refractivity contribution in [3.63, 3.8) is 0 Å². The number of amides is 1. The molecule has 4 rings (SSSR count). The van der Waals surface area contributed by atoms with Crippen LogP contribution in [0, 0.1) is 11.8 Å². The number of aromatic nitrogens is 3. The van der Waals surface area contributed by atoms with Crippen LogP contribution in [0.1, 0.15) is 28.9 Å². The minimum atomic E-state index is 0.153. The fourth-order valence-corrected chi connectivity index (χ4v) is 4.37. The number of likely N-dealkylation sites (tertiary alicyclic amines) is 1. The molecule has 0 radical (unpaired) electrons. The molecule has 1 saturated carbocycles. The van der Waals surface area contributed by atoms with Crippen molar-refractivity contribution in [2.75, 3.05) is 13.1 Å². The van der Waals surface area contributed by atoms with Gasteiger partial charge in [-0.25, -0.2) is 4.68 Å². The summed E-state index contributed by atoms with van der Waals surface area (Å²) in [6, 6.07) is 1.93. The molecular formula is C14H16N4OS. The quantitative estimate of drug-likeness (QED) is 0.851. The molecule has 1 saturated heterocycles. The van der Waals surface area contributed by atoms with Gasteiger partial charge in [-0.2, -0.15) is 0 Å². The first kappa shape index (κ1) is 12.1. The minimum Gasteiger partial charge on any atom is -0.337 e. The maximum Gasteiger partial charge on any atom is 0.266 e. The molecule has 2 atom stereocenters. The van der Waals surface area contributed by atoms with E-state index in [9.17, 15) is 4.79 Å². The van der Waals surface area contributed by atoms with Gasteiger partial charge in [0.15, 0.2) is 0 Å². The summed E-state index contributed by atoms with van der Waals surface area (Å²) < 4.78 is 1.67. The highest BCUT2D eigenvalue weighted by Gasteiger charge is 2.38. The molecule has 3 heterocycles. The topological polar surface area (TPSA) is 51.0 Å². The van der Waals surface area contributed by atoms with Crippen molar-refractivity contribution in [2.24, 2.45) is 11.8 Å². The highest BCUT2D eigenvalue weighted by molar-refractivity contribution is 7.12. The van der Waals surface area contributed by atoms with E-state index in [-0.39, 0.29) is 5.91 Å². The van der Waals surface area contributed by atoms with Gasteiger partial charge in [0.2, 0.25) is 0 Å². The van der Waals surface area contributed by atoms with Gasteiger partial charge in [0.1, 0.15) is 4.88 Å². The number of thiophene rings is 1. The third-order valence-corrected chi connectivity index (χ3v) is 5.41. The second-order valence-electron chi connectivity index (χ2n) is 5.64. The smallest absolute Gasteiger partial charge is 0.266 e. The first-order valence-corrected chi connectivity index (χ1v) is 7.94. The molecule has 0 bridgehead atoms. The van der Waals surface area contributed by atoms with Crippen LogP contribution in [0.5, 0.6) is 0 Å². The zero-order valence-electron chi connectivity index (χ0n) is 11.1. The van der Waals surface area contributed by atoms with E-state index in [1.54, 1.807) is 17.1 Å². The molecule has 2 aliphatic rings. The third-order valence-electron chi connectivity index (χ3n) is 4.52. The molecule has 1 amide bonds. The summed E-state index contributed by atoms with van der Waals surface area (Å²) in [5, 5.41) is 9.75. The molecule has 0 spiro atoms. The Morgan fingerprint density at radius 2 is 2.10 bits per heavy atom. The van der Waals surface area contributed by atoms with Crippen LogP contribution in [0.4, 0.5) is 0 Å². The second-order valence-corrected chi connectivity index (χ2v) is 6.56. The van der Waals surface area contributed by atoms with Crippen LogP contribution < -0.4 is 0 Å². The van der Waals surface area contributed by atoms with Crippen molar-refractivity contribution >= 4 is 17.2 Å². The molecule has 0 aromatic carbocycles. The van der Waals surface area contributed by atoms with Gasteiger partial charge in [0.05, 0.1) is 18.1 Å². The van der Waals surface area contributed by atoms with Gasteiger partial charge in [0.25, 0.3) is 5.91 Å². The van der Waals surface area contributed by atoms with E-state index in [1.807, 2.05) is 16.3 Å². The third kappa shape index (κ3) is 1.86. The van der Waals surface area contributed by atoms with Crippen molar-refractivity contribution in [2.45, 2.75) is 19.3 Å². The zero-order chi connectivity index (χ0) is 13.5. The largest absolute Gasteiger partial charge is 0.337 e. The first-order valence-electron chi connectivity index (χ1n) is 7.06. The lowest BCUT2D eigenvalue weighted by Gasteiger charge is -2.17. The van der Waals surface area contributed by atoms with Crippen LogP contribution in [0.25, 0.3) is 5.69 Å². The molecule has 5 nitrogen and oxygen atoms in total. The maximum atomic E-state index is 12.7. The van der Waals surface area contributed by atoms with E-state index in [0.29, 0.717) is 0 Å². The number of fused-ring (bicyclic) bond motifs is 1. The molecule has 0 unspecified atom stereocenters. The van der Waals surface area contributed by atoms with E-state index in [2.05, 4.69) is 10.3 Å².